The zero-order valence-corrected chi connectivity index (χ0v) is 17.4. The number of piperazine rings is 1. The summed E-state index contributed by atoms with van der Waals surface area (Å²) in [4.78, 5) is 31.9. The Morgan fingerprint density at radius 1 is 1.11 bits per heavy atom. The molecule has 3 amide bonds. The van der Waals surface area contributed by atoms with Gasteiger partial charge in [0.1, 0.15) is 5.54 Å². The van der Waals surface area contributed by atoms with Gasteiger partial charge in [-0.1, -0.05) is 37.9 Å². The minimum atomic E-state index is -0.710. The van der Waals surface area contributed by atoms with Gasteiger partial charge >= 0.3 is 6.03 Å². The standard InChI is InChI=1S/C21H29ClN4O2/c1-15-5-3-6-16(2)21(15)19(27)26(20(28)23-21)14-24-9-11-25(12-10-24)18-8-4-7-17(22)13-18/h4,7-8,13,15-16H,3,5-6,9-12,14H2,1-2H3,(H,23,28)/t15-,16-/m1/s1. The lowest BCUT2D eigenvalue weighted by Gasteiger charge is -2.42. The Labute approximate surface area is 171 Å². The molecule has 1 N–H and O–H groups in total. The summed E-state index contributed by atoms with van der Waals surface area (Å²) in [6, 6.07) is 7.65. The van der Waals surface area contributed by atoms with E-state index in [9.17, 15) is 9.59 Å². The molecule has 2 atom stereocenters. The highest BCUT2D eigenvalue weighted by Crippen LogP contribution is 2.42. The summed E-state index contributed by atoms with van der Waals surface area (Å²) in [6.07, 6.45) is 3.10. The van der Waals surface area contributed by atoms with Crippen molar-refractivity contribution in [2.75, 3.05) is 37.7 Å². The molecule has 2 aliphatic heterocycles. The first-order valence-electron chi connectivity index (χ1n) is 10.3. The summed E-state index contributed by atoms with van der Waals surface area (Å²) in [7, 11) is 0. The Kier molecular flexibility index (Phi) is 5.27. The largest absolute Gasteiger partial charge is 0.369 e. The number of imide groups is 1. The second kappa shape index (κ2) is 7.56. The van der Waals surface area contributed by atoms with Crippen molar-refractivity contribution in [1.82, 2.24) is 15.1 Å². The normalized spacial score (nSPS) is 28.1. The highest BCUT2D eigenvalue weighted by molar-refractivity contribution is 6.30. The van der Waals surface area contributed by atoms with Crippen LogP contribution in [-0.2, 0) is 4.79 Å². The summed E-state index contributed by atoms with van der Waals surface area (Å²) >= 11 is 6.11. The number of nitrogens with one attached hydrogen (secondary N) is 1. The second-order valence-corrected chi connectivity index (χ2v) is 8.93. The molecule has 2 saturated heterocycles. The van der Waals surface area contributed by atoms with Crippen molar-refractivity contribution in [3.8, 4) is 0 Å². The molecular weight excluding hydrogens is 376 g/mol. The summed E-state index contributed by atoms with van der Waals surface area (Å²) in [5, 5.41) is 3.82. The summed E-state index contributed by atoms with van der Waals surface area (Å²) < 4.78 is 0. The number of halogens is 1. The fourth-order valence-corrected chi connectivity index (χ4v) is 5.29. The molecule has 0 radical (unpaired) electrons. The molecule has 152 valence electrons. The average molecular weight is 405 g/mol. The molecule has 1 spiro atoms. The van der Waals surface area contributed by atoms with Gasteiger partial charge in [-0.2, -0.15) is 0 Å². The molecule has 0 bridgehead atoms. The van der Waals surface area contributed by atoms with E-state index in [1.54, 1.807) is 0 Å². The fraction of sp³-hybridized carbons (Fsp3) is 0.619. The van der Waals surface area contributed by atoms with E-state index in [1.165, 1.54) is 4.90 Å². The van der Waals surface area contributed by atoms with Crippen molar-refractivity contribution < 1.29 is 9.59 Å². The number of rotatable bonds is 3. The van der Waals surface area contributed by atoms with E-state index in [-0.39, 0.29) is 23.8 Å². The summed E-state index contributed by atoms with van der Waals surface area (Å²) in [6.45, 7) is 7.88. The van der Waals surface area contributed by atoms with E-state index in [4.69, 9.17) is 11.6 Å². The Bertz CT molecular complexity index is 753. The van der Waals surface area contributed by atoms with Crippen molar-refractivity contribution >= 4 is 29.2 Å². The third kappa shape index (κ3) is 3.26. The van der Waals surface area contributed by atoms with Gasteiger partial charge in [-0.25, -0.2) is 9.69 Å². The van der Waals surface area contributed by atoms with Crippen LogP contribution < -0.4 is 10.2 Å². The predicted molar refractivity (Wildman–Crippen MR) is 110 cm³/mol. The molecular formula is C21H29ClN4O2. The smallest absolute Gasteiger partial charge is 0.326 e. The first kappa shape index (κ1) is 19.5. The Morgan fingerprint density at radius 3 is 2.43 bits per heavy atom. The third-order valence-corrected chi connectivity index (χ3v) is 7.11. The van der Waals surface area contributed by atoms with E-state index in [2.05, 4.69) is 35.0 Å². The molecule has 1 aromatic rings. The van der Waals surface area contributed by atoms with Crippen LogP contribution in [0.15, 0.2) is 24.3 Å². The van der Waals surface area contributed by atoms with Gasteiger partial charge in [0.15, 0.2) is 0 Å². The zero-order valence-electron chi connectivity index (χ0n) is 16.7. The van der Waals surface area contributed by atoms with E-state index in [0.29, 0.717) is 6.67 Å². The van der Waals surface area contributed by atoms with Gasteiger partial charge in [0, 0.05) is 36.9 Å². The van der Waals surface area contributed by atoms with Gasteiger partial charge in [-0.3, -0.25) is 9.69 Å². The molecule has 2 heterocycles. The number of anilines is 1. The van der Waals surface area contributed by atoms with Crippen molar-refractivity contribution in [3.63, 3.8) is 0 Å². The number of carbonyl (C=O) groups excluding carboxylic acids is 2. The lowest BCUT2D eigenvalue weighted by atomic mass is 9.67. The number of urea groups is 1. The Balaban J connectivity index is 1.40. The van der Waals surface area contributed by atoms with Crippen molar-refractivity contribution in [2.24, 2.45) is 11.8 Å². The van der Waals surface area contributed by atoms with Gasteiger partial charge in [0.25, 0.3) is 5.91 Å². The maximum Gasteiger partial charge on any atom is 0.326 e. The van der Waals surface area contributed by atoms with Crippen LogP contribution in [0.5, 0.6) is 0 Å². The van der Waals surface area contributed by atoms with Crippen LogP contribution in [0.1, 0.15) is 33.1 Å². The molecule has 0 aromatic heterocycles. The molecule has 0 unspecified atom stereocenters. The van der Waals surface area contributed by atoms with E-state index >= 15 is 0 Å². The molecule has 1 saturated carbocycles. The van der Waals surface area contributed by atoms with Gasteiger partial charge in [-0.15, -0.1) is 0 Å². The van der Waals surface area contributed by atoms with Crippen LogP contribution >= 0.6 is 11.6 Å². The number of nitrogens with zero attached hydrogens (tertiary/aromatic N) is 3. The quantitative estimate of drug-likeness (QED) is 0.786. The zero-order chi connectivity index (χ0) is 19.9. The maximum absolute atomic E-state index is 13.3. The maximum atomic E-state index is 13.3. The third-order valence-electron chi connectivity index (χ3n) is 6.87. The number of hydrogen-bond acceptors (Lipinski definition) is 4. The van der Waals surface area contributed by atoms with E-state index in [0.717, 1.165) is 56.2 Å². The molecule has 1 aromatic carbocycles. The Morgan fingerprint density at radius 2 is 1.79 bits per heavy atom. The second-order valence-electron chi connectivity index (χ2n) is 8.49. The molecule has 28 heavy (non-hydrogen) atoms. The van der Waals surface area contributed by atoms with Crippen molar-refractivity contribution in [3.05, 3.63) is 29.3 Å². The first-order valence-corrected chi connectivity index (χ1v) is 10.7. The van der Waals surface area contributed by atoms with E-state index in [1.807, 2.05) is 18.2 Å². The van der Waals surface area contributed by atoms with Crippen LogP contribution in [0.4, 0.5) is 10.5 Å². The van der Waals surface area contributed by atoms with Crippen molar-refractivity contribution in [1.29, 1.82) is 0 Å². The summed E-state index contributed by atoms with van der Waals surface area (Å²) in [5.41, 5.74) is 0.406. The molecule has 4 rings (SSSR count). The van der Waals surface area contributed by atoms with Crippen LogP contribution in [0.2, 0.25) is 5.02 Å². The SMILES string of the molecule is C[C@@H]1CCC[C@@H](C)C12NC(=O)N(CN1CCN(c3cccc(Cl)c3)CC1)C2=O. The van der Waals surface area contributed by atoms with Gasteiger partial charge in [0.05, 0.1) is 6.67 Å². The van der Waals surface area contributed by atoms with E-state index < -0.39 is 5.54 Å². The monoisotopic (exact) mass is 404 g/mol. The number of carbonyl (C=O) groups is 2. The molecule has 3 fully saturated rings. The van der Waals surface area contributed by atoms with Crippen molar-refractivity contribution in [2.45, 2.75) is 38.6 Å². The fourth-order valence-electron chi connectivity index (χ4n) is 5.10. The molecule has 7 heteroatoms. The minimum absolute atomic E-state index is 0.0329. The van der Waals surface area contributed by atoms with Crippen LogP contribution in [0, 0.1) is 11.8 Å². The van der Waals surface area contributed by atoms with Crippen LogP contribution in [0.3, 0.4) is 0 Å². The number of benzene rings is 1. The Hall–Kier alpha value is -1.79. The molecule has 6 nitrogen and oxygen atoms in total. The predicted octanol–water partition coefficient (Wildman–Crippen LogP) is 3.17. The topological polar surface area (TPSA) is 55.9 Å². The highest BCUT2D eigenvalue weighted by Gasteiger charge is 2.58. The minimum Gasteiger partial charge on any atom is -0.369 e. The lowest BCUT2D eigenvalue weighted by molar-refractivity contribution is -0.138. The lowest BCUT2D eigenvalue weighted by Crippen LogP contribution is -2.59. The van der Waals surface area contributed by atoms with Gasteiger partial charge < -0.3 is 10.2 Å². The summed E-state index contributed by atoms with van der Waals surface area (Å²) in [5.74, 6) is 0.323. The molecule has 1 aliphatic carbocycles. The van der Waals surface area contributed by atoms with Gasteiger partial charge in [-0.05, 0) is 42.9 Å². The highest BCUT2D eigenvalue weighted by atomic mass is 35.5. The van der Waals surface area contributed by atoms with Crippen LogP contribution in [0.25, 0.3) is 0 Å². The number of amides is 3. The average Bonchev–Trinajstić information content (AvgIpc) is 2.93. The van der Waals surface area contributed by atoms with Crippen LogP contribution in [-0.4, -0.2) is 60.1 Å². The molecule has 3 aliphatic rings. The first-order chi connectivity index (χ1) is 13.4. The number of hydrogen-bond donors (Lipinski definition) is 1. The van der Waals surface area contributed by atoms with Gasteiger partial charge in [0.2, 0.25) is 0 Å².